The Bertz CT molecular complexity index is 475. The number of benzene rings is 1. The van der Waals surface area contributed by atoms with Gasteiger partial charge < -0.3 is 11.1 Å². The highest BCUT2D eigenvalue weighted by molar-refractivity contribution is 5.98. The molecule has 6 heteroatoms. The molecule has 0 radical (unpaired) electrons. The summed E-state index contributed by atoms with van der Waals surface area (Å²) in [6, 6.07) is 1.44. The Labute approximate surface area is 102 Å². The van der Waals surface area contributed by atoms with Crippen molar-refractivity contribution in [1.82, 2.24) is 0 Å². The zero-order valence-corrected chi connectivity index (χ0v) is 9.77. The van der Waals surface area contributed by atoms with Crippen molar-refractivity contribution in [3.8, 4) is 0 Å². The van der Waals surface area contributed by atoms with Crippen molar-refractivity contribution >= 4 is 11.6 Å². The molecule has 0 aromatic heterocycles. The first-order chi connectivity index (χ1) is 8.32. The monoisotopic (exact) mass is 258 g/mol. The van der Waals surface area contributed by atoms with Gasteiger partial charge >= 0.3 is 0 Å². The summed E-state index contributed by atoms with van der Waals surface area (Å²) in [4.78, 5) is 11.8. The Morgan fingerprint density at radius 3 is 2.28 bits per heavy atom. The minimum absolute atomic E-state index is 0.0765. The highest BCUT2D eigenvalue weighted by atomic mass is 19.2. The molecule has 1 unspecified atom stereocenters. The summed E-state index contributed by atoms with van der Waals surface area (Å²) in [7, 11) is 0. The quantitative estimate of drug-likeness (QED) is 0.816. The highest BCUT2D eigenvalue weighted by Crippen LogP contribution is 2.38. The van der Waals surface area contributed by atoms with Crippen LogP contribution in [0.1, 0.15) is 19.8 Å². The van der Waals surface area contributed by atoms with Gasteiger partial charge in [0, 0.05) is 17.8 Å². The molecule has 1 aliphatic rings. The molecule has 0 saturated heterocycles. The summed E-state index contributed by atoms with van der Waals surface area (Å²) in [5.41, 5.74) is 4.62. The van der Waals surface area contributed by atoms with Gasteiger partial charge in [0.2, 0.25) is 5.91 Å². The number of hydrogen-bond acceptors (Lipinski definition) is 2. The lowest BCUT2D eigenvalue weighted by atomic mass is 9.96. The van der Waals surface area contributed by atoms with Crippen LogP contribution in [-0.4, -0.2) is 11.4 Å². The van der Waals surface area contributed by atoms with Gasteiger partial charge in [-0.25, -0.2) is 13.2 Å². The molecule has 1 fully saturated rings. The van der Waals surface area contributed by atoms with E-state index in [-0.39, 0.29) is 11.6 Å². The van der Waals surface area contributed by atoms with Gasteiger partial charge in [0.15, 0.2) is 17.5 Å². The lowest BCUT2D eigenvalue weighted by Crippen LogP contribution is -2.50. The predicted octanol–water partition coefficient (Wildman–Crippen LogP) is 2.17. The molecule has 0 spiro atoms. The second-order valence-electron chi connectivity index (χ2n) is 4.76. The normalized spacial score (nSPS) is 18.3. The van der Waals surface area contributed by atoms with Gasteiger partial charge in [-0.1, -0.05) is 0 Å². The van der Waals surface area contributed by atoms with E-state index in [4.69, 9.17) is 5.73 Å². The summed E-state index contributed by atoms with van der Waals surface area (Å²) in [6.45, 7) is 1.57. The molecule has 1 aromatic carbocycles. The third-order valence-corrected chi connectivity index (χ3v) is 3.16. The smallest absolute Gasteiger partial charge is 0.244 e. The highest BCUT2D eigenvalue weighted by Gasteiger charge is 2.44. The van der Waals surface area contributed by atoms with Crippen LogP contribution in [-0.2, 0) is 4.79 Å². The first kappa shape index (κ1) is 12.9. The van der Waals surface area contributed by atoms with Gasteiger partial charge in [-0.05, 0) is 25.7 Å². The number of hydrogen-bond donors (Lipinski definition) is 2. The molecule has 1 aromatic rings. The van der Waals surface area contributed by atoms with Gasteiger partial charge in [0.05, 0.1) is 5.54 Å². The van der Waals surface area contributed by atoms with Gasteiger partial charge in [-0.15, -0.1) is 0 Å². The zero-order valence-electron chi connectivity index (χ0n) is 9.77. The molecule has 1 saturated carbocycles. The number of nitrogens with one attached hydrogen (secondary N) is 1. The lowest BCUT2D eigenvalue weighted by Gasteiger charge is -2.23. The van der Waals surface area contributed by atoms with Crippen molar-refractivity contribution in [2.75, 3.05) is 5.32 Å². The maximum absolute atomic E-state index is 13.0. The van der Waals surface area contributed by atoms with Crippen molar-refractivity contribution in [1.29, 1.82) is 0 Å². The largest absolute Gasteiger partial charge is 0.324 e. The standard InChI is InChI=1S/C12H13F3N2O/c1-12(16,6-2-3-6)11(18)17-7-4-8(13)10(15)9(14)5-7/h4-6H,2-3,16H2,1H3,(H,17,18). The third-order valence-electron chi connectivity index (χ3n) is 3.16. The average molecular weight is 258 g/mol. The van der Waals surface area contributed by atoms with Crippen LogP contribution in [0, 0.1) is 23.4 Å². The lowest BCUT2D eigenvalue weighted by molar-refractivity contribution is -0.121. The van der Waals surface area contributed by atoms with E-state index in [1.807, 2.05) is 0 Å². The molecule has 98 valence electrons. The van der Waals surface area contributed by atoms with E-state index in [1.54, 1.807) is 6.92 Å². The van der Waals surface area contributed by atoms with E-state index in [0.717, 1.165) is 25.0 Å². The van der Waals surface area contributed by atoms with Crippen molar-refractivity contribution in [3.63, 3.8) is 0 Å². The molecule has 2 rings (SSSR count). The van der Waals surface area contributed by atoms with Crippen LogP contribution < -0.4 is 11.1 Å². The van der Waals surface area contributed by atoms with Crippen molar-refractivity contribution in [2.24, 2.45) is 11.7 Å². The minimum Gasteiger partial charge on any atom is -0.324 e. The average Bonchev–Trinajstić information content (AvgIpc) is 3.09. The fraction of sp³-hybridized carbons (Fsp3) is 0.417. The summed E-state index contributed by atoms with van der Waals surface area (Å²) in [5.74, 6) is -4.72. The molecule has 3 nitrogen and oxygen atoms in total. The van der Waals surface area contributed by atoms with Crippen LogP contribution in [0.2, 0.25) is 0 Å². The van der Waals surface area contributed by atoms with E-state index in [0.29, 0.717) is 0 Å². The Morgan fingerprint density at radius 2 is 1.83 bits per heavy atom. The number of carbonyl (C=O) groups excluding carboxylic acids is 1. The number of anilines is 1. The molecular weight excluding hydrogens is 245 g/mol. The maximum Gasteiger partial charge on any atom is 0.244 e. The number of rotatable bonds is 3. The number of carbonyl (C=O) groups is 1. The third kappa shape index (κ3) is 2.33. The SMILES string of the molecule is CC(N)(C(=O)Nc1cc(F)c(F)c(F)c1)C1CC1. The Hall–Kier alpha value is -1.56. The summed E-state index contributed by atoms with van der Waals surface area (Å²) >= 11 is 0. The molecule has 18 heavy (non-hydrogen) atoms. The second-order valence-corrected chi connectivity index (χ2v) is 4.76. The van der Waals surface area contributed by atoms with Crippen LogP contribution >= 0.6 is 0 Å². The number of halogens is 3. The fourth-order valence-electron chi connectivity index (χ4n) is 1.76. The van der Waals surface area contributed by atoms with Crippen LogP contribution in [0.5, 0.6) is 0 Å². The number of nitrogens with two attached hydrogens (primary N) is 1. The van der Waals surface area contributed by atoms with E-state index in [9.17, 15) is 18.0 Å². The summed E-state index contributed by atoms with van der Waals surface area (Å²) in [6.07, 6.45) is 1.71. The Balaban J connectivity index is 2.16. The van der Waals surface area contributed by atoms with E-state index in [2.05, 4.69) is 5.32 Å². The molecular formula is C12H13F3N2O. The van der Waals surface area contributed by atoms with Gasteiger partial charge in [0.1, 0.15) is 0 Å². The van der Waals surface area contributed by atoms with E-state index in [1.165, 1.54) is 0 Å². The molecule has 1 atom stereocenters. The molecule has 1 amide bonds. The zero-order chi connectivity index (χ0) is 13.5. The predicted molar refractivity (Wildman–Crippen MR) is 60.3 cm³/mol. The molecule has 1 aliphatic carbocycles. The van der Waals surface area contributed by atoms with E-state index >= 15 is 0 Å². The van der Waals surface area contributed by atoms with Gasteiger partial charge in [-0.3, -0.25) is 4.79 Å². The van der Waals surface area contributed by atoms with Crippen LogP contribution in [0.3, 0.4) is 0 Å². The summed E-state index contributed by atoms with van der Waals surface area (Å²) < 4.78 is 38.7. The number of amides is 1. The molecule has 3 N–H and O–H groups in total. The van der Waals surface area contributed by atoms with Gasteiger partial charge in [-0.2, -0.15) is 0 Å². The first-order valence-corrected chi connectivity index (χ1v) is 5.57. The van der Waals surface area contributed by atoms with Crippen molar-refractivity contribution in [2.45, 2.75) is 25.3 Å². The molecule has 0 aliphatic heterocycles. The van der Waals surface area contributed by atoms with Crippen molar-refractivity contribution < 1.29 is 18.0 Å². The van der Waals surface area contributed by atoms with E-state index < -0.39 is 28.9 Å². The van der Waals surface area contributed by atoms with Crippen LogP contribution in [0.25, 0.3) is 0 Å². The summed E-state index contributed by atoms with van der Waals surface area (Å²) in [5, 5.41) is 2.30. The van der Waals surface area contributed by atoms with Crippen molar-refractivity contribution in [3.05, 3.63) is 29.6 Å². The Kier molecular flexibility index (Phi) is 3.06. The fourth-order valence-corrected chi connectivity index (χ4v) is 1.76. The molecule has 0 bridgehead atoms. The minimum atomic E-state index is -1.56. The molecule has 0 heterocycles. The van der Waals surface area contributed by atoms with Gasteiger partial charge in [0.25, 0.3) is 0 Å². The maximum atomic E-state index is 13.0. The first-order valence-electron chi connectivity index (χ1n) is 5.57. The van der Waals surface area contributed by atoms with Crippen LogP contribution in [0.4, 0.5) is 18.9 Å². The van der Waals surface area contributed by atoms with Crippen LogP contribution in [0.15, 0.2) is 12.1 Å². The second kappa shape index (κ2) is 4.28. The topological polar surface area (TPSA) is 55.1 Å². The Morgan fingerprint density at radius 1 is 1.33 bits per heavy atom.